The van der Waals surface area contributed by atoms with Crippen LogP contribution < -0.4 is 5.32 Å². The number of aromatic amines is 1. The normalized spacial score (nSPS) is 18.0. The standard InChI is InChI=1S/C17H16N2/c1-3-7-16-13(5-1)12(9-10-18-16)15-11-19-17-8-4-2-6-14(15)17/h1-8,11-12,18-19H,9-10H2. The Kier molecular flexibility index (Phi) is 2.34. The highest BCUT2D eigenvalue weighted by molar-refractivity contribution is 5.84. The van der Waals surface area contributed by atoms with Gasteiger partial charge in [0.2, 0.25) is 0 Å². The zero-order chi connectivity index (χ0) is 12.7. The third-order valence-electron chi connectivity index (χ3n) is 4.08. The average Bonchev–Trinajstić information content (AvgIpc) is 2.90. The Morgan fingerprint density at radius 2 is 1.74 bits per heavy atom. The SMILES string of the molecule is c1ccc2c(c1)NCCC2c1c[nH]c2ccccc12. The van der Waals surface area contributed by atoms with Gasteiger partial charge in [0.25, 0.3) is 0 Å². The van der Waals surface area contributed by atoms with E-state index in [0.29, 0.717) is 5.92 Å². The van der Waals surface area contributed by atoms with Crippen LogP contribution in [0.5, 0.6) is 0 Å². The lowest BCUT2D eigenvalue weighted by Gasteiger charge is -2.26. The molecule has 3 aromatic rings. The summed E-state index contributed by atoms with van der Waals surface area (Å²) < 4.78 is 0. The summed E-state index contributed by atoms with van der Waals surface area (Å²) in [5, 5.41) is 4.84. The Balaban J connectivity index is 1.90. The van der Waals surface area contributed by atoms with Gasteiger partial charge < -0.3 is 10.3 Å². The van der Waals surface area contributed by atoms with Crippen molar-refractivity contribution in [2.75, 3.05) is 11.9 Å². The summed E-state index contributed by atoms with van der Waals surface area (Å²) in [6.45, 7) is 1.04. The van der Waals surface area contributed by atoms with Gasteiger partial charge in [0, 0.05) is 35.2 Å². The van der Waals surface area contributed by atoms with E-state index >= 15 is 0 Å². The maximum Gasteiger partial charge on any atom is 0.0457 e. The van der Waals surface area contributed by atoms with Crippen LogP contribution in [0.25, 0.3) is 10.9 Å². The third kappa shape index (κ3) is 1.64. The van der Waals surface area contributed by atoms with Gasteiger partial charge in [-0.15, -0.1) is 0 Å². The molecule has 0 amide bonds. The molecule has 0 aliphatic carbocycles. The summed E-state index contributed by atoms with van der Waals surface area (Å²) >= 11 is 0. The summed E-state index contributed by atoms with van der Waals surface area (Å²) in [6, 6.07) is 17.2. The predicted octanol–water partition coefficient (Wildman–Crippen LogP) is 4.12. The molecule has 2 heteroatoms. The molecule has 2 heterocycles. The predicted molar refractivity (Wildman–Crippen MR) is 79.7 cm³/mol. The van der Waals surface area contributed by atoms with E-state index in [4.69, 9.17) is 0 Å². The molecule has 19 heavy (non-hydrogen) atoms. The highest BCUT2D eigenvalue weighted by atomic mass is 14.9. The number of benzene rings is 2. The number of nitrogens with one attached hydrogen (secondary N) is 2. The van der Waals surface area contributed by atoms with Gasteiger partial charge in [0.15, 0.2) is 0 Å². The van der Waals surface area contributed by atoms with Crippen LogP contribution in [0.2, 0.25) is 0 Å². The van der Waals surface area contributed by atoms with E-state index < -0.39 is 0 Å². The van der Waals surface area contributed by atoms with Crippen molar-refractivity contribution < 1.29 is 0 Å². The molecule has 1 aliphatic heterocycles. The van der Waals surface area contributed by atoms with E-state index in [0.717, 1.165) is 13.0 Å². The van der Waals surface area contributed by atoms with Gasteiger partial charge in [-0.05, 0) is 29.7 Å². The summed E-state index contributed by atoms with van der Waals surface area (Å²) in [5.74, 6) is 0.494. The molecule has 2 aromatic carbocycles. The molecule has 0 spiro atoms. The summed E-state index contributed by atoms with van der Waals surface area (Å²) in [7, 11) is 0. The van der Waals surface area contributed by atoms with Gasteiger partial charge >= 0.3 is 0 Å². The molecule has 0 fully saturated rings. The molecule has 0 bridgehead atoms. The fraction of sp³-hybridized carbons (Fsp3) is 0.176. The Labute approximate surface area is 112 Å². The topological polar surface area (TPSA) is 27.8 Å². The first-order valence-corrected chi connectivity index (χ1v) is 6.82. The van der Waals surface area contributed by atoms with Crippen molar-refractivity contribution in [1.82, 2.24) is 4.98 Å². The first-order valence-electron chi connectivity index (χ1n) is 6.82. The number of rotatable bonds is 1. The van der Waals surface area contributed by atoms with Gasteiger partial charge in [0.05, 0.1) is 0 Å². The quantitative estimate of drug-likeness (QED) is 0.666. The second-order valence-corrected chi connectivity index (χ2v) is 5.14. The smallest absolute Gasteiger partial charge is 0.0457 e. The first-order chi connectivity index (χ1) is 9.43. The maximum absolute atomic E-state index is 3.49. The van der Waals surface area contributed by atoms with Crippen LogP contribution >= 0.6 is 0 Å². The van der Waals surface area contributed by atoms with Crippen LogP contribution in [0, 0.1) is 0 Å². The molecular weight excluding hydrogens is 232 g/mol. The fourth-order valence-corrected chi connectivity index (χ4v) is 3.17. The molecule has 0 saturated heterocycles. The van der Waals surface area contributed by atoms with E-state index in [1.165, 1.54) is 27.7 Å². The van der Waals surface area contributed by atoms with Crippen molar-refractivity contribution in [1.29, 1.82) is 0 Å². The molecule has 2 N–H and O–H groups in total. The molecule has 4 rings (SSSR count). The van der Waals surface area contributed by atoms with Crippen LogP contribution in [0.15, 0.2) is 54.7 Å². The van der Waals surface area contributed by atoms with Gasteiger partial charge in [-0.2, -0.15) is 0 Å². The number of H-pyrrole nitrogens is 1. The number of hydrogen-bond acceptors (Lipinski definition) is 1. The van der Waals surface area contributed by atoms with E-state index in [9.17, 15) is 0 Å². The second-order valence-electron chi connectivity index (χ2n) is 5.14. The number of anilines is 1. The number of hydrogen-bond donors (Lipinski definition) is 2. The van der Waals surface area contributed by atoms with Crippen LogP contribution in [-0.4, -0.2) is 11.5 Å². The molecule has 1 aliphatic rings. The first kappa shape index (κ1) is 10.7. The van der Waals surface area contributed by atoms with E-state index in [1.54, 1.807) is 0 Å². The summed E-state index contributed by atoms with van der Waals surface area (Å²) in [6.07, 6.45) is 3.33. The van der Waals surface area contributed by atoms with Crippen LogP contribution in [0.3, 0.4) is 0 Å². The van der Waals surface area contributed by atoms with Crippen molar-refractivity contribution in [3.8, 4) is 0 Å². The highest BCUT2D eigenvalue weighted by Gasteiger charge is 2.23. The maximum atomic E-state index is 3.49. The highest BCUT2D eigenvalue weighted by Crippen LogP contribution is 2.39. The van der Waals surface area contributed by atoms with Gasteiger partial charge in [-0.3, -0.25) is 0 Å². The van der Waals surface area contributed by atoms with Crippen molar-refractivity contribution >= 4 is 16.6 Å². The zero-order valence-corrected chi connectivity index (χ0v) is 10.7. The van der Waals surface area contributed by atoms with Crippen LogP contribution in [-0.2, 0) is 0 Å². The van der Waals surface area contributed by atoms with Crippen molar-refractivity contribution in [2.24, 2.45) is 0 Å². The lowest BCUT2D eigenvalue weighted by atomic mass is 9.85. The summed E-state index contributed by atoms with van der Waals surface area (Å²) in [4.78, 5) is 3.40. The Morgan fingerprint density at radius 1 is 0.895 bits per heavy atom. The molecular formula is C17H16N2. The molecule has 2 nitrogen and oxygen atoms in total. The lowest BCUT2D eigenvalue weighted by molar-refractivity contribution is 0.725. The minimum atomic E-state index is 0.494. The molecule has 1 atom stereocenters. The minimum absolute atomic E-state index is 0.494. The third-order valence-corrected chi connectivity index (χ3v) is 4.08. The zero-order valence-electron chi connectivity index (χ0n) is 10.7. The Morgan fingerprint density at radius 3 is 2.74 bits per heavy atom. The molecule has 1 unspecified atom stereocenters. The largest absolute Gasteiger partial charge is 0.385 e. The van der Waals surface area contributed by atoms with Crippen molar-refractivity contribution in [3.05, 3.63) is 65.9 Å². The van der Waals surface area contributed by atoms with E-state index in [-0.39, 0.29) is 0 Å². The number of para-hydroxylation sites is 2. The molecule has 94 valence electrons. The van der Waals surface area contributed by atoms with Crippen molar-refractivity contribution in [2.45, 2.75) is 12.3 Å². The Bertz CT molecular complexity index is 727. The fourth-order valence-electron chi connectivity index (χ4n) is 3.17. The van der Waals surface area contributed by atoms with Gasteiger partial charge in [-0.25, -0.2) is 0 Å². The van der Waals surface area contributed by atoms with Gasteiger partial charge in [-0.1, -0.05) is 36.4 Å². The minimum Gasteiger partial charge on any atom is -0.385 e. The van der Waals surface area contributed by atoms with E-state index in [1.807, 2.05) is 0 Å². The van der Waals surface area contributed by atoms with E-state index in [2.05, 4.69) is 65.0 Å². The summed E-state index contributed by atoms with van der Waals surface area (Å²) in [5.41, 5.74) is 5.35. The molecule has 0 saturated carbocycles. The van der Waals surface area contributed by atoms with Crippen LogP contribution in [0.1, 0.15) is 23.5 Å². The number of aromatic nitrogens is 1. The monoisotopic (exact) mass is 248 g/mol. The molecule has 1 aromatic heterocycles. The molecule has 0 radical (unpaired) electrons. The average molecular weight is 248 g/mol. The second kappa shape index (κ2) is 4.16. The lowest BCUT2D eigenvalue weighted by Crippen LogP contribution is -2.17. The van der Waals surface area contributed by atoms with Gasteiger partial charge in [0.1, 0.15) is 0 Å². The number of fused-ring (bicyclic) bond motifs is 2. The van der Waals surface area contributed by atoms with Crippen LogP contribution in [0.4, 0.5) is 5.69 Å². The Hall–Kier alpha value is -2.22. The van der Waals surface area contributed by atoms with Crippen molar-refractivity contribution in [3.63, 3.8) is 0 Å².